The van der Waals surface area contributed by atoms with Crippen LogP contribution in [0.4, 0.5) is 5.69 Å². The van der Waals surface area contributed by atoms with Gasteiger partial charge in [0.1, 0.15) is 5.75 Å². The number of carboxylic acids is 1. The van der Waals surface area contributed by atoms with E-state index in [2.05, 4.69) is 49.0 Å². The lowest BCUT2D eigenvalue weighted by molar-refractivity contribution is -0.384. The normalized spacial score (nSPS) is 11.0. The van der Waals surface area contributed by atoms with Crippen LogP contribution in [0.1, 0.15) is 15.2 Å². The number of halogens is 2. The van der Waals surface area contributed by atoms with Gasteiger partial charge in [-0.25, -0.2) is 10.2 Å². The van der Waals surface area contributed by atoms with Gasteiger partial charge in [0, 0.05) is 31.4 Å². The predicted octanol–water partition coefficient (Wildman–Crippen LogP) is 4.40. The summed E-state index contributed by atoms with van der Waals surface area (Å²) in [5, 5.41) is 24.2. The van der Waals surface area contributed by atoms with Crippen molar-refractivity contribution in [2.75, 3.05) is 6.61 Å². The van der Waals surface area contributed by atoms with Crippen LogP contribution in [0.25, 0.3) is 10.1 Å². The molecule has 30 heavy (non-hydrogen) atoms. The molecular weight excluding hydrogens is 593 g/mol. The molecular formula is C18H11BrIN3O6S. The first kappa shape index (κ1) is 22.1. The van der Waals surface area contributed by atoms with Gasteiger partial charge in [-0.3, -0.25) is 14.9 Å². The van der Waals surface area contributed by atoms with Gasteiger partial charge in [0.05, 0.1) is 20.5 Å². The highest BCUT2D eigenvalue weighted by Crippen LogP contribution is 2.31. The van der Waals surface area contributed by atoms with Crippen LogP contribution in [-0.2, 0) is 4.79 Å². The molecule has 0 fully saturated rings. The number of amides is 1. The first-order valence-corrected chi connectivity index (χ1v) is 10.8. The standard InChI is InChI=1S/C18H11BrIN3O6S/c19-13-6-11(20)3-10(17(13)29-8-16(24)25)7-21-22-18(26)15-5-9-4-12(23(27)28)1-2-14(9)30-15/h1-7H,8H2,(H,22,26)(H,24,25)/b21-7-. The van der Waals surface area contributed by atoms with Crippen molar-refractivity contribution < 1.29 is 24.4 Å². The van der Waals surface area contributed by atoms with Crippen molar-refractivity contribution in [3.63, 3.8) is 0 Å². The van der Waals surface area contributed by atoms with Crippen LogP contribution >= 0.6 is 49.9 Å². The van der Waals surface area contributed by atoms with E-state index in [-0.39, 0.29) is 11.4 Å². The predicted molar refractivity (Wildman–Crippen MR) is 124 cm³/mol. The van der Waals surface area contributed by atoms with Crippen LogP contribution in [0.15, 0.2) is 46.0 Å². The number of hydrazone groups is 1. The molecule has 1 amide bonds. The minimum Gasteiger partial charge on any atom is -0.480 e. The number of carboxylic acid groups (broad SMARTS) is 1. The van der Waals surface area contributed by atoms with E-state index in [4.69, 9.17) is 9.84 Å². The van der Waals surface area contributed by atoms with E-state index >= 15 is 0 Å². The van der Waals surface area contributed by atoms with Crippen LogP contribution in [0, 0.1) is 13.7 Å². The Balaban J connectivity index is 1.78. The van der Waals surface area contributed by atoms with Gasteiger partial charge in [0.2, 0.25) is 0 Å². The fraction of sp³-hybridized carbons (Fsp3) is 0.0556. The molecule has 0 aliphatic rings. The third-order valence-corrected chi connectivity index (χ3v) is 6.01. The molecule has 0 unspecified atom stereocenters. The summed E-state index contributed by atoms with van der Waals surface area (Å²) in [4.78, 5) is 33.9. The van der Waals surface area contributed by atoms with Gasteiger partial charge in [-0.05, 0) is 62.8 Å². The second kappa shape index (κ2) is 9.49. The molecule has 0 aliphatic carbocycles. The summed E-state index contributed by atoms with van der Waals surface area (Å²) in [6.45, 7) is -0.527. The maximum absolute atomic E-state index is 12.4. The number of nitrogens with one attached hydrogen (secondary N) is 1. The summed E-state index contributed by atoms with van der Waals surface area (Å²) >= 11 is 6.59. The van der Waals surface area contributed by atoms with Gasteiger partial charge in [-0.1, -0.05) is 0 Å². The van der Waals surface area contributed by atoms with Crippen molar-refractivity contribution in [3.05, 3.63) is 65.0 Å². The van der Waals surface area contributed by atoms with Crippen molar-refractivity contribution in [2.24, 2.45) is 5.10 Å². The molecule has 3 rings (SSSR count). The summed E-state index contributed by atoms with van der Waals surface area (Å²) in [6.07, 6.45) is 1.35. The van der Waals surface area contributed by atoms with E-state index in [0.717, 1.165) is 8.27 Å². The number of carbonyl (C=O) groups excluding carboxylic acids is 1. The average Bonchev–Trinajstić information content (AvgIpc) is 3.10. The number of benzene rings is 2. The van der Waals surface area contributed by atoms with Gasteiger partial charge in [-0.15, -0.1) is 11.3 Å². The second-order valence-electron chi connectivity index (χ2n) is 5.78. The van der Waals surface area contributed by atoms with Gasteiger partial charge in [-0.2, -0.15) is 5.10 Å². The molecule has 0 saturated carbocycles. The van der Waals surface area contributed by atoms with Gasteiger partial charge in [0.15, 0.2) is 6.61 Å². The van der Waals surface area contributed by atoms with E-state index in [1.165, 1.54) is 29.7 Å². The van der Waals surface area contributed by atoms with Crippen molar-refractivity contribution in [1.82, 2.24) is 5.43 Å². The third-order valence-electron chi connectivity index (χ3n) is 3.68. The Kier molecular flexibility index (Phi) is 6.99. The molecule has 154 valence electrons. The fourth-order valence-electron chi connectivity index (χ4n) is 2.43. The van der Waals surface area contributed by atoms with Gasteiger partial charge < -0.3 is 9.84 Å². The fourth-order valence-corrected chi connectivity index (χ4v) is 5.03. The quantitative estimate of drug-likeness (QED) is 0.178. The smallest absolute Gasteiger partial charge is 0.341 e. The number of nitrogens with zero attached hydrogens (tertiary/aromatic N) is 2. The van der Waals surface area contributed by atoms with Crippen molar-refractivity contribution in [3.8, 4) is 5.75 Å². The van der Waals surface area contributed by atoms with E-state index < -0.39 is 23.4 Å². The van der Waals surface area contributed by atoms with Crippen molar-refractivity contribution >= 4 is 83.7 Å². The molecule has 0 spiro atoms. The number of thiophene rings is 1. The highest BCUT2D eigenvalue weighted by Gasteiger charge is 2.14. The number of carbonyl (C=O) groups is 2. The number of nitro groups is 1. The zero-order chi connectivity index (χ0) is 21.8. The summed E-state index contributed by atoms with van der Waals surface area (Å²) in [6, 6.07) is 9.41. The molecule has 12 heteroatoms. The van der Waals surface area contributed by atoms with Crippen molar-refractivity contribution in [2.45, 2.75) is 0 Å². The Hall–Kier alpha value is -2.58. The third kappa shape index (κ3) is 5.31. The zero-order valence-corrected chi connectivity index (χ0v) is 19.4. The van der Waals surface area contributed by atoms with Crippen LogP contribution in [0.5, 0.6) is 5.75 Å². The number of ether oxygens (including phenoxy) is 1. The van der Waals surface area contributed by atoms with Gasteiger partial charge >= 0.3 is 5.97 Å². The highest BCUT2D eigenvalue weighted by molar-refractivity contribution is 14.1. The number of fused-ring (bicyclic) bond motifs is 1. The van der Waals surface area contributed by atoms with Crippen LogP contribution in [0.2, 0.25) is 0 Å². The molecule has 1 aromatic heterocycles. The Morgan fingerprint density at radius 2 is 2.10 bits per heavy atom. The van der Waals surface area contributed by atoms with Crippen molar-refractivity contribution in [1.29, 1.82) is 0 Å². The average molecular weight is 604 g/mol. The summed E-state index contributed by atoms with van der Waals surface area (Å²) in [5.41, 5.74) is 2.82. The number of hydrogen-bond donors (Lipinski definition) is 2. The molecule has 3 aromatic rings. The summed E-state index contributed by atoms with van der Waals surface area (Å²) in [7, 11) is 0. The number of rotatable bonds is 7. The maximum atomic E-state index is 12.4. The monoisotopic (exact) mass is 603 g/mol. The maximum Gasteiger partial charge on any atom is 0.341 e. The van der Waals surface area contributed by atoms with E-state index in [1.807, 2.05) is 0 Å². The van der Waals surface area contributed by atoms with Gasteiger partial charge in [0.25, 0.3) is 11.6 Å². The topological polar surface area (TPSA) is 131 Å². The minimum atomic E-state index is -1.12. The number of nitro benzene ring substituents is 1. The molecule has 1 heterocycles. The minimum absolute atomic E-state index is 0.0524. The molecule has 0 radical (unpaired) electrons. The highest BCUT2D eigenvalue weighted by atomic mass is 127. The van der Waals surface area contributed by atoms with E-state index in [0.29, 0.717) is 20.3 Å². The van der Waals surface area contributed by atoms with E-state index in [9.17, 15) is 19.7 Å². The summed E-state index contributed by atoms with van der Waals surface area (Å²) in [5.74, 6) is -1.32. The first-order valence-electron chi connectivity index (χ1n) is 8.09. The molecule has 0 aliphatic heterocycles. The lowest BCUT2D eigenvalue weighted by Crippen LogP contribution is -2.16. The van der Waals surface area contributed by atoms with Crippen LogP contribution < -0.4 is 10.2 Å². The second-order valence-corrected chi connectivity index (χ2v) is 8.96. The number of non-ortho nitro benzene ring substituents is 1. The van der Waals surface area contributed by atoms with Crippen LogP contribution in [-0.4, -0.2) is 34.7 Å². The molecule has 2 N–H and O–H groups in total. The lowest BCUT2D eigenvalue weighted by Gasteiger charge is -2.10. The largest absolute Gasteiger partial charge is 0.480 e. The molecule has 2 aromatic carbocycles. The lowest BCUT2D eigenvalue weighted by atomic mass is 10.2. The molecule has 0 atom stereocenters. The SMILES string of the molecule is O=C(O)COc1c(Br)cc(I)cc1/C=N\NC(=O)c1cc2cc([N+](=O)[O-])ccc2s1. The molecule has 9 nitrogen and oxygen atoms in total. The van der Waals surface area contributed by atoms with Crippen LogP contribution in [0.3, 0.4) is 0 Å². The molecule has 0 bridgehead atoms. The molecule has 0 saturated heterocycles. The van der Waals surface area contributed by atoms with E-state index in [1.54, 1.807) is 24.3 Å². The Morgan fingerprint density at radius 1 is 1.33 bits per heavy atom. The number of aliphatic carboxylic acids is 1. The zero-order valence-electron chi connectivity index (χ0n) is 14.8. The first-order chi connectivity index (χ1) is 14.2. The summed E-state index contributed by atoms with van der Waals surface area (Å²) < 4.78 is 7.43. The number of hydrogen-bond acceptors (Lipinski definition) is 7. The Labute approximate surface area is 195 Å². The Bertz CT molecular complexity index is 1200. The Morgan fingerprint density at radius 3 is 2.80 bits per heavy atom.